The molecule has 3 rings (SSSR count). The summed E-state index contributed by atoms with van der Waals surface area (Å²) in [6, 6.07) is 3.05. The van der Waals surface area contributed by atoms with Gasteiger partial charge in [-0.05, 0) is 18.2 Å². The van der Waals surface area contributed by atoms with Gasteiger partial charge in [0.05, 0.1) is 13.3 Å². The number of nitrogens with one attached hydrogen (secondary N) is 1. The van der Waals surface area contributed by atoms with Crippen LogP contribution in [-0.4, -0.2) is 43.0 Å². The molecule has 32 heavy (non-hydrogen) atoms. The quantitative estimate of drug-likeness (QED) is 0.664. The van der Waals surface area contributed by atoms with Crippen LogP contribution in [-0.2, 0) is 10.3 Å². The number of pyridine rings is 1. The number of amidine groups is 1. The van der Waals surface area contributed by atoms with E-state index in [1.54, 1.807) is 0 Å². The molecule has 1 aromatic heterocycles. The number of hydrogen-bond acceptors (Lipinski definition) is 6. The third-order valence-electron chi connectivity index (χ3n) is 4.69. The predicted octanol–water partition coefficient (Wildman–Crippen LogP) is 3.45. The van der Waals surface area contributed by atoms with Gasteiger partial charge in [-0.15, -0.1) is 0 Å². The number of alkyl halides is 4. The van der Waals surface area contributed by atoms with Gasteiger partial charge in [0.1, 0.15) is 23.7 Å². The number of halogens is 6. The van der Waals surface area contributed by atoms with E-state index in [2.05, 4.69) is 20.0 Å². The lowest BCUT2D eigenvalue weighted by Gasteiger charge is -2.36. The van der Waals surface area contributed by atoms with E-state index in [9.17, 15) is 31.1 Å². The Balaban J connectivity index is 1.99. The lowest BCUT2D eigenvalue weighted by atomic mass is 9.84. The third-order valence-corrected chi connectivity index (χ3v) is 4.69. The van der Waals surface area contributed by atoms with Gasteiger partial charge in [0.15, 0.2) is 17.7 Å². The highest BCUT2D eigenvalue weighted by molar-refractivity contribution is 6.02. The molecule has 0 fully saturated rings. The topological polar surface area (TPSA) is 98.8 Å². The number of aromatic nitrogens is 1. The summed E-state index contributed by atoms with van der Waals surface area (Å²) >= 11 is 0. The van der Waals surface area contributed by atoms with Gasteiger partial charge in [-0.25, -0.2) is 23.1 Å². The smallest absolute Gasteiger partial charge is 0.425 e. The van der Waals surface area contributed by atoms with Crippen LogP contribution in [0.3, 0.4) is 0 Å². The Kier molecular flexibility index (Phi) is 6.19. The van der Waals surface area contributed by atoms with Gasteiger partial charge in [-0.1, -0.05) is 0 Å². The zero-order valence-corrected chi connectivity index (χ0v) is 16.3. The molecule has 0 saturated heterocycles. The predicted molar refractivity (Wildman–Crippen MR) is 99.9 cm³/mol. The molecule has 0 bridgehead atoms. The number of nitrogens with two attached hydrogens (primary N) is 1. The number of benzene rings is 1. The molecule has 1 amide bonds. The van der Waals surface area contributed by atoms with Crippen LogP contribution in [0, 0.1) is 11.6 Å². The molecule has 2 aromatic rings. The molecule has 2 unspecified atom stereocenters. The van der Waals surface area contributed by atoms with Crippen LogP contribution < -0.4 is 15.8 Å². The van der Waals surface area contributed by atoms with Crippen LogP contribution in [0.1, 0.15) is 22.5 Å². The van der Waals surface area contributed by atoms with E-state index < -0.39 is 60.0 Å². The number of methoxy groups -OCH3 is 1. The number of amides is 1. The summed E-state index contributed by atoms with van der Waals surface area (Å²) in [7, 11) is 1.38. The van der Waals surface area contributed by atoms with Crippen molar-refractivity contribution < 1.29 is 40.6 Å². The number of carbonyl (C=O) groups is 1. The number of nitrogens with zero attached hydrogens (tertiary/aromatic N) is 2. The van der Waals surface area contributed by atoms with Gasteiger partial charge in [0.25, 0.3) is 11.9 Å². The third kappa shape index (κ3) is 4.55. The zero-order valence-electron chi connectivity index (χ0n) is 16.3. The fourth-order valence-corrected chi connectivity index (χ4v) is 3.12. The van der Waals surface area contributed by atoms with E-state index in [0.717, 1.165) is 6.07 Å². The Labute approximate surface area is 177 Å². The highest BCUT2D eigenvalue weighted by Gasteiger charge is 2.52. The fraction of sp³-hybridized carbons (Fsp3) is 0.316. The zero-order chi connectivity index (χ0) is 23.7. The second-order valence-corrected chi connectivity index (χ2v) is 6.82. The van der Waals surface area contributed by atoms with Crippen LogP contribution in [0.25, 0.3) is 0 Å². The van der Waals surface area contributed by atoms with E-state index in [1.807, 2.05) is 0 Å². The fourth-order valence-electron chi connectivity index (χ4n) is 3.12. The van der Waals surface area contributed by atoms with Crippen molar-refractivity contribution in [3.05, 3.63) is 53.4 Å². The van der Waals surface area contributed by atoms with E-state index in [4.69, 9.17) is 10.5 Å². The second-order valence-electron chi connectivity index (χ2n) is 6.82. The number of carbonyl (C=O) groups excluding carboxylic acids is 1. The SMILES string of the molecule is COc1ccc(C(=O)Nc2cc(F)c(F)c(C3(CF)CC(C(F)(F)F)OC(N)=N3)c2)nc1. The first kappa shape index (κ1) is 23.2. The van der Waals surface area contributed by atoms with Gasteiger partial charge < -0.3 is 20.5 Å². The molecule has 0 radical (unpaired) electrons. The molecule has 0 aliphatic carbocycles. The molecule has 2 heterocycles. The summed E-state index contributed by atoms with van der Waals surface area (Å²) < 4.78 is 91.7. The average Bonchev–Trinajstić information content (AvgIpc) is 2.75. The van der Waals surface area contributed by atoms with Crippen LogP contribution in [0.15, 0.2) is 35.5 Å². The maximum atomic E-state index is 14.6. The van der Waals surface area contributed by atoms with Crippen molar-refractivity contribution in [1.29, 1.82) is 0 Å². The summed E-state index contributed by atoms with van der Waals surface area (Å²) in [4.78, 5) is 19.7. The second kappa shape index (κ2) is 8.55. The van der Waals surface area contributed by atoms with Crippen LogP contribution >= 0.6 is 0 Å². The lowest BCUT2D eigenvalue weighted by molar-refractivity contribution is -0.209. The van der Waals surface area contributed by atoms with Crippen molar-refractivity contribution in [2.45, 2.75) is 24.2 Å². The monoisotopic (exact) mass is 462 g/mol. The molecule has 2 atom stereocenters. The minimum absolute atomic E-state index is 0.122. The minimum atomic E-state index is -4.97. The van der Waals surface area contributed by atoms with Gasteiger partial charge in [0, 0.05) is 23.7 Å². The summed E-state index contributed by atoms with van der Waals surface area (Å²) in [5.74, 6) is -3.67. The summed E-state index contributed by atoms with van der Waals surface area (Å²) in [5, 5.41) is 2.23. The molecule has 13 heteroatoms. The first-order valence-electron chi connectivity index (χ1n) is 8.94. The van der Waals surface area contributed by atoms with Crippen molar-refractivity contribution in [2.24, 2.45) is 10.7 Å². The number of hydrogen-bond donors (Lipinski definition) is 2. The van der Waals surface area contributed by atoms with E-state index in [1.165, 1.54) is 25.4 Å². The van der Waals surface area contributed by atoms with Crippen LogP contribution in [0.2, 0.25) is 0 Å². The van der Waals surface area contributed by atoms with Crippen molar-refractivity contribution >= 4 is 17.6 Å². The van der Waals surface area contributed by atoms with Gasteiger partial charge in [0.2, 0.25) is 0 Å². The van der Waals surface area contributed by atoms with Gasteiger partial charge in [-0.3, -0.25) is 4.79 Å². The van der Waals surface area contributed by atoms with Gasteiger partial charge >= 0.3 is 6.18 Å². The van der Waals surface area contributed by atoms with Crippen LogP contribution in [0.4, 0.5) is 32.0 Å². The Bertz CT molecular complexity index is 1040. The summed E-state index contributed by atoms with van der Waals surface area (Å²) in [6.07, 6.45) is -7.52. The normalized spacial score (nSPS) is 20.8. The Hall–Kier alpha value is -3.51. The van der Waals surface area contributed by atoms with Crippen molar-refractivity contribution in [3.8, 4) is 5.75 Å². The Morgan fingerprint density at radius 3 is 2.62 bits per heavy atom. The number of rotatable bonds is 5. The molecular formula is C19H16F6N4O3. The molecule has 3 N–H and O–H groups in total. The van der Waals surface area contributed by atoms with Crippen molar-refractivity contribution in [1.82, 2.24) is 4.98 Å². The summed E-state index contributed by atoms with van der Waals surface area (Å²) in [6.45, 7) is -1.64. The Morgan fingerprint density at radius 2 is 2.06 bits per heavy atom. The molecule has 172 valence electrons. The largest absolute Gasteiger partial charge is 0.495 e. The Morgan fingerprint density at radius 1 is 1.34 bits per heavy atom. The minimum Gasteiger partial charge on any atom is -0.495 e. The van der Waals surface area contributed by atoms with Crippen LogP contribution in [0.5, 0.6) is 5.75 Å². The molecular weight excluding hydrogens is 446 g/mol. The summed E-state index contributed by atoms with van der Waals surface area (Å²) in [5.41, 5.74) is 1.40. The maximum Gasteiger partial charge on any atom is 0.425 e. The maximum absolute atomic E-state index is 14.6. The molecule has 0 spiro atoms. The van der Waals surface area contributed by atoms with Crippen molar-refractivity contribution in [2.75, 3.05) is 19.1 Å². The van der Waals surface area contributed by atoms with E-state index in [-0.39, 0.29) is 11.4 Å². The first-order valence-corrected chi connectivity index (χ1v) is 8.94. The number of anilines is 1. The standard InChI is InChI=1S/C19H16F6N4O3/c1-31-10-2-3-13(27-7-10)16(30)28-9-4-11(15(22)12(21)5-9)18(8-20)6-14(19(23,24)25)32-17(26)29-18/h2-5,7,14H,6,8H2,1H3,(H2,26,29)(H,28,30). The van der Waals surface area contributed by atoms with Crippen molar-refractivity contribution in [3.63, 3.8) is 0 Å². The first-order chi connectivity index (χ1) is 15.0. The highest BCUT2D eigenvalue weighted by Crippen LogP contribution is 2.42. The molecule has 1 aliphatic rings. The molecule has 1 aliphatic heterocycles. The lowest BCUT2D eigenvalue weighted by Crippen LogP contribution is -2.48. The number of aliphatic imine (C=N–C) groups is 1. The van der Waals surface area contributed by atoms with E-state index in [0.29, 0.717) is 11.8 Å². The average molecular weight is 462 g/mol. The molecule has 1 aromatic carbocycles. The molecule has 0 saturated carbocycles. The van der Waals surface area contributed by atoms with Gasteiger partial charge in [-0.2, -0.15) is 13.2 Å². The molecule has 7 nitrogen and oxygen atoms in total. The highest BCUT2D eigenvalue weighted by atomic mass is 19.4. The number of ether oxygens (including phenoxy) is 2. The van der Waals surface area contributed by atoms with E-state index >= 15 is 0 Å².